The van der Waals surface area contributed by atoms with E-state index in [1.54, 1.807) is 6.07 Å². The van der Waals surface area contributed by atoms with Crippen LogP contribution in [0.3, 0.4) is 0 Å². The molecule has 0 saturated carbocycles. The molecule has 4 heteroatoms. The first-order chi connectivity index (χ1) is 8.00. The molecule has 1 unspecified atom stereocenters. The van der Waals surface area contributed by atoms with Crippen molar-refractivity contribution in [3.8, 4) is 0 Å². The first-order valence-electron chi connectivity index (χ1n) is 5.97. The first-order valence-corrected chi connectivity index (χ1v) is 6.73. The molecule has 1 fully saturated rings. The average molecular weight is 273 g/mol. The molecule has 0 aromatic heterocycles. The maximum absolute atomic E-state index is 6.40. The predicted octanol–water partition coefficient (Wildman–Crippen LogP) is 3.31. The molecule has 1 atom stereocenters. The highest BCUT2D eigenvalue weighted by Crippen LogP contribution is 2.29. The van der Waals surface area contributed by atoms with E-state index < -0.39 is 0 Å². The highest BCUT2D eigenvalue weighted by atomic mass is 35.5. The SMILES string of the molecule is CC(N)(Cc1cccc(Cl)c1Cl)N1CCCC1. The molecule has 0 amide bonds. The highest BCUT2D eigenvalue weighted by Gasteiger charge is 2.30. The number of nitrogens with two attached hydrogens (primary N) is 1. The molecule has 1 heterocycles. The van der Waals surface area contributed by atoms with E-state index in [0.717, 1.165) is 25.1 Å². The van der Waals surface area contributed by atoms with Crippen LogP contribution in [-0.4, -0.2) is 23.7 Å². The molecule has 1 aliphatic rings. The molecule has 17 heavy (non-hydrogen) atoms. The number of rotatable bonds is 3. The summed E-state index contributed by atoms with van der Waals surface area (Å²) < 4.78 is 0. The lowest BCUT2D eigenvalue weighted by atomic mass is 10.0. The predicted molar refractivity (Wildman–Crippen MR) is 73.6 cm³/mol. The van der Waals surface area contributed by atoms with Gasteiger partial charge < -0.3 is 5.73 Å². The monoisotopic (exact) mass is 272 g/mol. The number of hydrogen-bond donors (Lipinski definition) is 1. The number of likely N-dealkylation sites (tertiary alicyclic amines) is 1. The Morgan fingerprint density at radius 1 is 1.29 bits per heavy atom. The van der Waals surface area contributed by atoms with Crippen LogP contribution in [0.1, 0.15) is 25.3 Å². The topological polar surface area (TPSA) is 29.3 Å². The first kappa shape index (κ1) is 13.2. The third-order valence-corrected chi connectivity index (χ3v) is 4.27. The van der Waals surface area contributed by atoms with Gasteiger partial charge in [-0.3, -0.25) is 4.90 Å². The Morgan fingerprint density at radius 3 is 2.59 bits per heavy atom. The molecule has 0 radical (unpaired) electrons. The average Bonchev–Trinajstić information content (AvgIpc) is 2.78. The van der Waals surface area contributed by atoms with Gasteiger partial charge in [0.05, 0.1) is 15.7 Å². The maximum Gasteiger partial charge on any atom is 0.0700 e. The van der Waals surface area contributed by atoms with Crippen molar-refractivity contribution in [1.29, 1.82) is 0 Å². The maximum atomic E-state index is 6.40. The molecular weight excluding hydrogens is 255 g/mol. The van der Waals surface area contributed by atoms with Crippen molar-refractivity contribution in [2.24, 2.45) is 5.73 Å². The van der Waals surface area contributed by atoms with Gasteiger partial charge in [0, 0.05) is 6.42 Å². The summed E-state index contributed by atoms with van der Waals surface area (Å²) >= 11 is 12.2. The van der Waals surface area contributed by atoms with E-state index in [4.69, 9.17) is 28.9 Å². The minimum Gasteiger partial charge on any atom is -0.313 e. The largest absolute Gasteiger partial charge is 0.313 e. The van der Waals surface area contributed by atoms with E-state index >= 15 is 0 Å². The molecule has 1 aliphatic heterocycles. The molecule has 0 aliphatic carbocycles. The lowest BCUT2D eigenvalue weighted by Gasteiger charge is -2.35. The zero-order valence-corrected chi connectivity index (χ0v) is 11.6. The quantitative estimate of drug-likeness (QED) is 0.915. The zero-order chi connectivity index (χ0) is 12.5. The van der Waals surface area contributed by atoms with Gasteiger partial charge >= 0.3 is 0 Å². The lowest BCUT2D eigenvalue weighted by molar-refractivity contribution is 0.142. The van der Waals surface area contributed by atoms with Crippen molar-refractivity contribution in [3.05, 3.63) is 33.8 Å². The summed E-state index contributed by atoms with van der Waals surface area (Å²) in [6.07, 6.45) is 3.19. The Balaban J connectivity index is 2.16. The van der Waals surface area contributed by atoms with Gasteiger partial charge in [0.2, 0.25) is 0 Å². The molecule has 0 bridgehead atoms. The Morgan fingerprint density at radius 2 is 1.94 bits per heavy atom. The third-order valence-electron chi connectivity index (χ3n) is 3.41. The Kier molecular flexibility index (Phi) is 3.99. The molecule has 94 valence electrons. The highest BCUT2D eigenvalue weighted by molar-refractivity contribution is 6.42. The van der Waals surface area contributed by atoms with Gasteiger partial charge in [-0.05, 0) is 44.5 Å². The number of halogens is 2. The van der Waals surface area contributed by atoms with Gasteiger partial charge in [-0.15, -0.1) is 0 Å². The van der Waals surface area contributed by atoms with Crippen molar-refractivity contribution in [1.82, 2.24) is 4.90 Å². The number of benzene rings is 1. The summed E-state index contributed by atoms with van der Waals surface area (Å²) in [5, 5.41) is 1.23. The molecule has 2 N–H and O–H groups in total. The van der Waals surface area contributed by atoms with Crippen LogP contribution in [0.5, 0.6) is 0 Å². The van der Waals surface area contributed by atoms with Crippen LogP contribution >= 0.6 is 23.2 Å². The van der Waals surface area contributed by atoms with Crippen molar-refractivity contribution < 1.29 is 0 Å². The summed E-state index contributed by atoms with van der Waals surface area (Å²) in [5.41, 5.74) is 7.08. The van der Waals surface area contributed by atoms with Crippen LogP contribution in [0.4, 0.5) is 0 Å². The number of nitrogens with zero attached hydrogens (tertiary/aromatic N) is 1. The molecule has 2 nitrogen and oxygen atoms in total. The standard InChI is InChI=1S/C13H18Cl2N2/c1-13(16,17-7-2-3-8-17)9-10-5-4-6-11(14)12(10)15/h4-6H,2-3,7-9,16H2,1H3. The van der Waals surface area contributed by atoms with E-state index in [1.807, 2.05) is 12.1 Å². The van der Waals surface area contributed by atoms with Crippen LogP contribution < -0.4 is 5.73 Å². The van der Waals surface area contributed by atoms with Crippen LogP contribution in [0.15, 0.2) is 18.2 Å². The van der Waals surface area contributed by atoms with Crippen molar-refractivity contribution in [2.75, 3.05) is 13.1 Å². The molecule has 2 rings (SSSR count). The van der Waals surface area contributed by atoms with Crippen LogP contribution in [-0.2, 0) is 6.42 Å². The van der Waals surface area contributed by atoms with E-state index in [1.165, 1.54) is 12.8 Å². The molecular formula is C13H18Cl2N2. The fourth-order valence-electron chi connectivity index (χ4n) is 2.41. The van der Waals surface area contributed by atoms with Crippen LogP contribution in [0.2, 0.25) is 10.0 Å². The molecule has 1 aromatic rings. The van der Waals surface area contributed by atoms with Gasteiger partial charge in [0.1, 0.15) is 0 Å². The van der Waals surface area contributed by atoms with E-state index in [-0.39, 0.29) is 5.66 Å². The van der Waals surface area contributed by atoms with Crippen LogP contribution in [0.25, 0.3) is 0 Å². The Hall–Kier alpha value is -0.280. The zero-order valence-electron chi connectivity index (χ0n) is 10.0. The number of hydrogen-bond acceptors (Lipinski definition) is 2. The Labute approximate surface area is 113 Å². The molecule has 1 aromatic carbocycles. The molecule has 1 saturated heterocycles. The van der Waals surface area contributed by atoms with Gasteiger partial charge in [-0.25, -0.2) is 0 Å². The smallest absolute Gasteiger partial charge is 0.0700 e. The normalized spacial score (nSPS) is 20.5. The van der Waals surface area contributed by atoms with Gasteiger partial charge in [-0.2, -0.15) is 0 Å². The summed E-state index contributed by atoms with van der Waals surface area (Å²) in [4.78, 5) is 2.32. The van der Waals surface area contributed by atoms with Crippen molar-refractivity contribution in [2.45, 2.75) is 31.8 Å². The van der Waals surface area contributed by atoms with E-state index in [9.17, 15) is 0 Å². The minimum atomic E-state index is -0.342. The van der Waals surface area contributed by atoms with Gasteiger partial charge in [0.25, 0.3) is 0 Å². The Bertz CT molecular complexity index is 398. The summed E-state index contributed by atoms with van der Waals surface area (Å²) in [5.74, 6) is 0. The van der Waals surface area contributed by atoms with E-state index in [0.29, 0.717) is 10.0 Å². The van der Waals surface area contributed by atoms with Gasteiger partial charge in [-0.1, -0.05) is 35.3 Å². The summed E-state index contributed by atoms with van der Waals surface area (Å²) in [6, 6.07) is 5.72. The van der Waals surface area contributed by atoms with Crippen molar-refractivity contribution in [3.63, 3.8) is 0 Å². The van der Waals surface area contributed by atoms with E-state index in [2.05, 4.69) is 11.8 Å². The second-order valence-corrected chi connectivity index (χ2v) is 5.73. The fraction of sp³-hybridized carbons (Fsp3) is 0.538. The lowest BCUT2D eigenvalue weighted by Crippen LogP contribution is -2.54. The second-order valence-electron chi connectivity index (χ2n) is 4.94. The summed E-state index contributed by atoms with van der Waals surface area (Å²) in [7, 11) is 0. The molecule has 0 spiro atoms. The van der Waals surface area contributed by atoms with Crippen molar-refractivity contribution >= 4 is 23.2 Å². The van der Waals surface area contributed by atoms with Gasteiger partial charge in [0.15, 0.2) is 0 Å². The summed E-state index contributed by atoms with van der Waals surface area (Å²) in [6.45, 7) is 4.21. The third kappa shape index (κ3) is 2.94. The second kappa shape index (κ2) is 5.15. The fourth-order valence-corrected chi connectivity index (χ4v) is 2.80. The van der Waals surface area contributed by atoms with Crippen LogP contribution in [0, 0.1) is 0 Å². The minimum absolute atomic E-state index is 0.342.